The molecule has 3 fully saturated rings. The molecule has 2 aromatic rings. The van der Waals surface area contributed by atoms with Crippen LogP contribution in [0.15, 0.2) is 48.5 Å². The van der Waals surface area contributed by atoms with Crippen molar-refractivity contribution in [2.75, 3.05) is 13.6 Å². The predicted molar refractivity (Wildman–Crippen MR) is 108 cm³/mol. The molecule has 2 aromatic carbocycles. The number of hydrogen-bond donors (Lipinski definition) is 0. The number of amides is 2. The van der Waals surface area contributed by atoms with Gasteiger partial charge < -0.3 is 4.90 Å². The summed E-state index contributed by atoms with van der Waals surface area (Å²) >= 11 is 0. The first-order valence-electron chi connectivity index (χ1n) is 10.3. The van der Waals surface area contributed by atoms with Gasteiger partial charge in [0.25, 0.3) is 11.8 Å². The molecule has 4 atom stereocenters. The van der Waals surface area contributed by atoms with Crippen LogP contribution in [-0.2, 0) is 0 Å². The molecule has 0 spiro atoms. The normalized spacial score (nSPS) is 29.9. The van der Waals surface area contributed by atoms with Gasteiger partial charge in [0.2, 0.25) is 0 Å². The van der Waals surface area contributed by atoms with Gasteiger partial charge in [-0.2, -0.15) is 0 Å². The van der Waals surface area contributed by atoms with Crippen LogP contribution >= 0.6 is 0 Å². The van der Waals surface area contributed by atoms with Crippen molar-refractivity contribution in [2.24, 2.45) is 5.92 Å². The first kappa shape index (κ1) is 17.6. The molecule has 3 heterocycles. The third-order valence-electron chi connectivity index (χ3n) is 7.12. The van der Waals surface area contributed by atoms with Gasteiger partial charge in [0.05, 0.1) is 11.1 Å². The number of benzene rings is 2. The lowest BCUT2D eigenvalue weighted by Crippen LogP contribution is -2.50. The fraction of sp³-hybridized carbons (Fsp3) is 0.417. The molecular formula is C24H26N2O2. The van der Waals surface area contributed by atoms with Gasteiger partial charge in [-0.1, -0.05) is 42.0 Å². The summed E-state index contributed by atoms with van der Waals surface area (Å²) in [5.41, 5.74) is 3.73. The van der Waals surface area contributed by atoms with Crippen molar-refractivity contribution in [1.82, 2.24) is 9.80 Å². The lowest BCUT2D eigenvalue weighted by atomic mass is 9.76. The zero-order chi connectivity index (χ0) is 19.4. The Morgan fingerprint density at radius 2 is 1.54 bits per heavy atom. The Bertz CT molecular complexity index is 901. The van der Waals surface area contributed by atoms with Crippen molar-refractivity contribution in [1.29, 1.82) is 0 Å². The summed E-state index contributed by atoms with van der Waals surface area (Å²) in [4.78, 5) is 30.3. The maximum absolute atomic E-state index is 13.2. The lowest BCUT2D eigenvalue weighted by molar-refractivity contribution is 0.0453. The molecule has 4 nitrogen and oxygen atoms in total. The average Bonchev–Trinajstić information content (AvgIpc) is 2.84. The van der Waals surface area contributed by atoms with E-state index in [1.54, 1.807) is 17.0 Å². The Morgan fingerprint density at radius 1 is 0.893 bits per heavy atom. The van der Waals surface area contributed by atoms with Crippen molar-refractivity contribution >= 4 is 11.8 Å². The van der Waals surface area contributed by atoms with Crippen LogP contribution in [0.5, 0.6) is 0 Å². The van der Waals surface area contributed by atoms with E-state index in [0.717, 1.165) is 25.8 Å². The molecule has 0 N–H and O–H groups in total. The highest BCUT2D eigenvalue weighted by Gasteiger charge is 2.49. The van der Waals surface area contributed by atoms with E-state index >= 15 is 0 Å². The van der Waals surface area contributed by atoms with Crippen LogP contribution in [0, 0.1) is 12.8 Å². The number of carbonyl (C=O) groups is 2. The summed E-state index contributed by atoms with van der Waals surface area (Å²) in [6.07, 6.45) is 3.03. The minimum Gasteiger partial charge on any atom is -0.303 e. The summed E-state index contributed by atoms with van der Waals surface area (Å²) in [5, 5.41) is 0. The minimum absolute atomic E-state index is 0.0337. The highest BCUT2D eigenvalue weighted by Crippen LogP contribution is 2.45. The maximum atomic E-state index is 13.2. The van der Waals surface area contributed by atoms with E-state index in [4.69, 9.17) is 0 Å². The molecule has 0 radical (unpaired) electrons. The number of imide groups is 1. The molecule has 4 heteroatoms. The van der Waals surface area contributed by atoms with Gasteiger partial charge >= 0.3 is 0 Å². The number of fused-ring (bicyclic) bond motifs is 5. The number of nitrogens with zero attached hydrogens (tertiary/aromatic N) is 2. The Balaban J connectivity index is 1.54. The second-order valence-electron chi connectivity index (χ2n) is 8.68. The highest BCUT2D eigenvalue weighted by molar-refractivity contribution is 6.21. The van der Waals surface area contributed by atoms with Crippen molar-refractivity contribution in [3.8, 4) is 0 Å². The van der Waals surface area contributed by atoms with E-state index in [2.05, 4.69) is 43.1 Å². The van der Waals surface area contributed by atoms with Gasteiger partial charge in [-0.05, 0) is 62.8 Å². The summed E-state index contributed by atoms with van der Waals surface area (Å²) < 4.78 is 0. The first-order valence-corrected chi connectivity index (χ1v) is 10.3. The predicted octanol–water partition coefficient (Wildman–Crippen LogP) is 3.86. The molecule has 28 heavy (non-hydrogen) atoms. The van der Waals surface area contributed by atoms with Gasteiger partial charge in [0.15, 0.2) is 0 Å². The van der Waals surface area contributed by atoms with Crippen molar-refractivity contribution in [2.45, 2.75) is 44.2 Å². The van der Waals surface area contributed by atoms with E-state index in [1.807, 2.05) is 12.1 Å². The van der Waals surface area contributed by atoms with Gasteiger partial charge in [0, 0.05) is 18.6 Å². The Hall–Kier alpha value is -2.46. The van der Waals surface area contributed by atoms with E-state index < -0.39 is 0 Å². The van der Waals surface area contributed by atoms with E-state index in [-0.39, 0.29) is 23.8 Å². The number of rotatable bonds is 2. The summed E-state index contributed by atoms with van der Waals surface area (Å²) in [7, 11) is 2.19. The second-order valence-corrected chi connectivity index (χ2v) is 8.68. The van der Waals surface area contributed by atoms with Gasteiger partial charge in [0.1, 0.15) is 0 Å². The van der Waals surface area contributed by atoms with Crippen molar-refractivity contribution < 1.29 is 9.59 Å². The maximum Gasteiger partial charge on any atom is 0.261 e. The van der Waals surface area contributed by atoms with E-state index in [1.165, 1.54) is 11.1 Å². The van der Waals surface area contributed by atoms with Gasteiger partial charge in [-0.15, -0.1) is 0 Å². The third kappa shape index (κ3) is 2.62. The molecule has 1 aliphatic carbocycles. The molecular weight excluding hydrogens is 348 g/mol. The van der Waals surface area contributed by atoms with Crippen LogP contribution < -0.4 is 0 Å². The van der Waals surface area contributed by atoms with Crippen LogP contribution in [0.2, 0.25) is 0 Å². The summed E-state index contributed by atoms with van der Waals surface area (Å²) in [6.45, 7) is 3.04. The number of hydrogen-bond acceptors (Lipinski definition) is 3. The number of piperidine rings is 1. The van der Waals surface area contributed by atoms with Crippen molar-refractivity contribution in [3.05, 3.63) is 70.8 Å². The zero-order valence-corrected chi connectivity index (χ0v) is 16.5. The van der Waals surface area contributed by atoms with Crippen LogP contribution in [0.1, 0.15) is 57.0 Å². The fourth-order valence-electron chi connectivity index (χ4n) is 5.59. The SMILES string of the molecule is Cc1ccc([C@H]2C[C@@H]3CC[C@H](N4C(=O)c5ccccc5C4=O)[C@H]2CN3C)cc1. The second kappa shape index (κ2) is 6.56. The van der Waals surface area contributed by atoms with Gasteiger partial charge in [-0.25, -0.2) is 0 Å². The molecule has 2 saturated heterocycles. The molecule has 3 aliphatic heterocycles. The largest absolute Gasteiger partial charge is 0.303 e. The first-order chi connectivity index (χ1) is 13.5. The molecule has 6 rings (SSSR count). The van der Waals surface area contributed by atoms with E-state index in [9.17, 15) is 9.59 Å². The number of carbonyl (C=O) groups excluding carboxylic acids is 2. The smallest absolute Gasteiger partial charge is 0.261 e. The fourth-order valence-corrected chi connectivity index (χ4v) is 5.59. The molecule has 0 unspecified atom stereocenters. The van der Waals surface area contributed by atoms with E-state index in [0.29, 0.717) is 23.1 Å². The molecule has 2 bridgehead atoms. The Morgan fingerprint density at radius 3 is 2.18 bits per heavy atom. The topological polar surface area (TPSA) is 40.6 Å². The molecule has 144 valence electrons. The van der Waals surface area contributed by atoms with Gasteiger partial charge in [-0.3, -0.25) is 14.5 Å². The lowest BCUT2D eigenvalue weighted by Gasteiger charge is -2.43. The minimum atomic E-state index is -0.110. The average molecular weight is 374 g/mol. The Kier molecular flexibility index (Phi) is 4.13. The van der Waals surface area contributed by atoms with Crippen LogP contribution in [-0.4, -0.2) is 47.3 Å². The monoisotopic (exact) mass is 374 g/mol. The van der Waals surface area contributed by atoms with Crippen molar-refractivity contribution in [3.63, 3.8) is 0 Å². The molecule has 2 amide bonds. The standard InChI is InChI=1S/C24H26N2O2/c1-15-7-9-16(10-8-15)20-13-17-11-12-22(21(20)14-25(17)2)26-23(27)18-5-3-4-6-19(18)24(26)28/h3-10,17,20-22H,11-14H2,1-2H3/t17-,20+,21-,22-/m0/s1. The summed E-state index contributed by atoms with van der Waals surface area (Å²) in [5.74, 6) is 0.440. The third-order valence-corrected chi connectivity index (χ3v) is 7.12. The van der Waals surface area contributed by atoms with Crippen LogP contribution in [0.4, 0.5) is 0 Å². The van der Waals surface area contributed by atoms with Crippen LogP contribution in [0.25, 0.3) is 0 Å². The zero-order valence-electron chi connectivity index (χ0n) is 16.5. The van der Waals surface area contributed by atoms with Crippen LogP contribution in [0.3, 0.4) is 0 Å². The highest BCUT2D eigenvalue weighted by atomic mass is 16.2. The molecule has 0 aromatic heterocycles. The molecule has 4 aliphatic rings. The summed E-state index contributed by atoms with van der Waals surface area (Å²) in [6, 6.07) is 16.6. The number of aryl methyl sites for hydroxylation is 1. The molecule has 1 saturated carbocycles. The Labute approximate surface area is 166 Å². The quantitative estimate of drug-likeness (QED) is 0.750.